The summed E-state index contributed by atoms with van der Waals surface area (Å²) < 4.78 is 1.99. The third-order valence-corrected chi connectivity index (χ3v) is 3.51. The molecule has 14 heavy (non-hydrogen) atoms. The molecule has 1 heterocycles. The van der Waals surface area contributed by atoms with E-state index in [1.165, 1.54) is 36.9 Å². The molecule has 3 heteroatoms. The molecule has 2 aliphatic carbocycles. The lowest BCUT2D eigenvalue weighted by Gasteiger charge is -2.26. The molecule has 0 bridgehead atoms. The fourth-order valence-electron chi connectivity index (χ4n) is 2.47. The van der Waals surface area contributed by atoms with Gasteiger partial charge in [0.25, 0.3) is 0 Å². The average molecular weight is 190 g/mol. The van der Waals surface area contributed by atoms with Gasteiger partial charge < -0.3 is 0 Å². The smallest absolute Gasteiger partial charge is 0.168 e. The Morgan fingerprint density at radius 2 is 2.14 bits per heavy atom. The maximum absolute atomic E-state index is 11.0. The fourth-order valence-corrected chi connectivity index (χ4v) is 2.47. The summed E-state index contributed by atoms with van der Waals surface area (Å²) in [7, 11) is 0. The second-order valence-electron chi connectivity index (χ2n) is 4.31. The highest BCUT2D eigenvalue weighted by atomic mass is 16.1. The summed E-state index contributed by atoms with van der Waals surface area (Å²) >= 11 is 0. The van der Waals surface area contributed by atoms with Crippen LogP contribution in [0.4, 0.5) is 0 Å². The van der Waals surface area contributed by atoms with Crippen LogP contribution in [0.2, 0.25) is 0 Å². The molecular formula is C11H14N2O. The maximum atomic E-state index is 11.0. The molecule has 1 saturated carbocycles. The number of hydrogen-bond donors (Lipinski definition) is 0. The number of aryl methyl sites for hydroxylation is 1. The van der Waals surface area contributed by atoms with Gasteiger partial charge in [-0.2, -0.15) is 5.10 Å². The first kappa shape index (κ1) is 8.21. The lowest BCUT2D eigenvalue weighted by Crippen LogP contribution is -2.20. The van der Waals surface area contributed by atoms with Gasteiger partial charge in [0.05, 0.1) is 11.7 Å². The highest BCUT2D eigenvalue weighted by Gasteiger charge is 2.28. The third-order valence-electron chi connectivity index (χ3n) is 3.51. The van der Waals surface area contributed by atoms with Crippen LogP contribution >= 0.6 is 0 Å². The molecule has 0 amide bonds. The quantitative estimate of drug-likeness (QED) is 0.668. The normalized spacial score (nSPS) is 20.6. The Morgan fingerprint density at radius 3 is 2.79 bits per heavy atom. The van der Waals surface area contributed by atoms with Crippen LogP contribution < -0.4 is 0 Å². The fraction of sp³-hybridized carbons (Fsp3) is 0.636. The van der Waals surface area contributed by atoms with Crippen LogP contribution in [0.25, 0.3) is 0 Å². The van der Waals surface area contributed by atoms with Crippen molar-refractivity contribution in [3.63, 3.8) is 0 Å². The van der Waals surface area contributed by atoms with E-state index in [0.717, 1.165) is 24.8 Å². The number of rotatable bonds is 2. The van der Waals surface area contributed by atoms with Gasteiger partial charge in [-0.1, -0.05) is 0 Å². The first-order chi connectivity index (χ1) is 6.90. The minimum absolute atomic E-state index is 0.515. The summed E-state index contributed by atoms with van der Waals surface area (Å²) in [4.78, 5) is 11.0. The molecule has 3 nitrogen and oxygen atoms in total. The van der Waals surface area contributed by atoms with Crippen LogP contribution in [-0.2, 0) is 12.8 Å². The minimum Gasteiger partial charge on any atom is -0.296 e. The van der Waals surface area contributed by atoms with Crippen LogP contribution in [0, 0.1) is 0 Å². The van der Waals surface area contributed by atoms with Crippen molar-refractivity contribution >= 4 is 6.29 Å². The Hall–Kier alpha value is -1.12. The third kappa shape index (κ3) is 0.982. The number of aromatic nitrogens is 2. The molecule has 1 fully saturated rings. The summed E-state index contributed by atoms with van der Waals surface area (Å²) in [5, 5.41) is 4.57. The second-order valence-corrected chi connectivity index (χ2v) is 4.31. The van der Waals surface area contributed by atoms with E-state index in [-0.39, 0.29) is 0 Å². The van der Waals surface area contributed by atoms with E-state index in [2.05, 4.69) is 5.10 Å². The molecule has 0 saturated heterocycles. The van der Waals surface area contributed by atoms with Crippen LogP contribution in [0.15, 0.2) is 0 Å². The van der Waals surface area contributed by atoms with Crippen molar-refractivity contribution in [3.8, 4) is 0 Å². The highest BCUT2D eigenvalue weighted by molar-refractivity contribution is 5.75. The standard InChI is InChI=1S/C11H14N2O/c14-7-11-9-5-2-6-10(9)12-13(11)8-3-1-4-8/h7-8H,1-6H2. The topological polar surface area (TPSA) is 34.9 Å². The van der Waals surface area contributed by atoms with E-state index in [0.29, 0.717) is 6.04 Å². The number of hydrogen-bond acceptors (Lipinski definition) is 2. The summed E-state index contributed by atoms with van der Waals surface area (Å²) in [5.41, 5.74) is 3.27. The van der Waals surface area contributed by atoms with Crippen LogP contribution in [0.1, 0.15) is 53.5 Å². The van der Waals surface area contributed by atoms with Gasteiger partial charge in [0, 0.05) is 5.56 Å². The van der Waals surface area contributed by atoms with Gasteiger partial charge in [-0.25, -0.2) is 0 Å². The number of fused-ring (bicyclic) bond motifs is 1. The van der Waals surface area contributed by atoms with Gasteiger partial charge in [0.2, 0.25) is 0 Å². The largest absolute Gasteiger partial charge is 0.296 e. The Balaban J connectivity index is 2.06. The molecule has 0 aromatic carbocycles. The van der Waals surface area contributed by atoms with Crippen molar-refractivity contribution < 1.29 is 4.79 Å². The van der Waals surface area contributed by atoms with E-state index in [4.69, 9.17) is 0 Å². The van der Waals surface area contributed by atoms with Gasteiger partial charge in [0.15, 0.2) is 6.29 Å². The van der Waals surface area contributed by atoms with Gasteiger partial charge in [0.1, 0.15) is 5.69 Å². The predicted molar refractivity (Wildman–Crippen MR) is 52.5 cm³/mol. The number of carbonyl (C=O) groups excluding carboxylic acids is 1. The predicted octanol–water partition coefficient (Wildman–Crippen LogP) is 1.91. The zero-order chi connectivity index (χ0) is 9.54. The Labute approximate surface area is 83.1 Å². The van der Waals surface area contributed by atoms with Crippen LogP contribution in [0.3, 0.4) is 0 Å². The Morgan fingerprint density at radius 1 is 1.29 bits per heavy atom. The monoisotopic (exact) mass is 190 g/mol. The minimum atomic E-state index is 0.515. The van der Waals surface area contributed by atoms with Crippen LogP contribution in [0.5, 0.6) is 0 Å². The van der Waals surface area contributed by atoms with Gasteiger partial charge in [-0.15, -0.1) is 0 Å². The molecule has 0 aliphatic heterocycles. The summed E-state index contributed by atoms with van der Waals surface area (Å²) in [6.45, 7) is 0. The summed E-state index contributed by atoms with van der Waals surface area (Å²) in [6, 6.07) is 0.515. The molecule has 1 aromatic rings. The lowest BCUT2D eigenvalue weighted by atomic mass is 9.93. The first-order valence-electron chi connectivity index (χ1n) is 5.45. The zero-order valence-corrected chi connectivity index (χ0v) is 8.20. The van der Waals surface area contributed by atoms with E-state index < -0.39 is 0 Å². The number of nitrogens with zero attached hydrogens (tertiary/aromatic N) is 2. The maximum Gasteiger partial charge on any atom is 0.168 e. The van der Waals surface area contributed by atoms with Crippen molar-refractivity contribution in [1.29, 1.82) is 0 Å². The molecule has 0 atom stereocenters. The van der Waals surface area contributed by atoms with E-state index in [9.17, 15) is 4.79 Å². The van der Waals surface area contributed by atoms with Crippen LogP contribution in [-0.4, -0.2) is 16.1 Å². The number of aldehydes is 1. The van der Waals surface area contributed by atoms with Crippen molar-refractivity contribution in [2.45, 2.75) is 44.6 Å². The molecule has 0 unspecified atom stereocenters. The van der Waals surface area contributed by atoms with Crippen molar-refractivity contribution in [2.75, 3.05) is 0 Å². The molecule has 1 aromatic heterocycles. The molecule has 0 radical (unpaired) electrons. The van der Waals surface area contributed by atoms with E-state index in [1.807, 2.05) is 4.68 Å². The molecule has 0 spiro atoms. The molecule has 2 aliphatic rings. The van der Waals surface area contributed by atoms with Gasteiger partial charge in [-0.3, -0.25) is 9.48 Å². The Bertz CT molecular complexity index is 377. The average Bonchev–Trinajstić information content (AvgIpc) is 2.60. The van der Waals surface area contributed by atoms with Gasteiger partial charge in [-0.05, 0) is 38.5 Å². The highest BCUT2D eigenvalue weighted by Crippen LogP contribution is 2.34. The second kappa shape index (κ2) is 2.94. The van der Waals surface area contributed by atoms with Crippen molar-refractivity contribution in [2.24, 2.45) is 0 Å². The molecule has 74 valence electrons. The Kier molecular flexibility index (Phi) is 1.72. The summed E-state index contributed by atoms with van der Waals surface area (Å²) in [5.74, 6) is 0. The van der Waals surface area contributed by atoms with Crippen molar-refractivity contribution in [1.82, 2.24) is 9.78 Å². The zero-order valence-electron chi connectivity index (χ0n) is 8.20. The lowest BCUT2D eigenvalue weighted by molar-refractivity contribution is 0.110. The first-order valence-corrected chi connectivity index (χ1v) is 5.45. The SMILES string of the molecule is O=Cc1c2c(nn1C1CCC1)CCC2. The molecule has 0 N–H and O–H groups in total. The van der Waals surface area contributed by atoms with Gasteiger partial charge >= 0.3 is 0 Å². The van der Waals surface area contributed by atoms with E-state index >= 15 is 0 Å². The molecule has 3 rings (SSSR count). The number of carbonyl (C=O) groups is 1. The van der Waals surface area contributed by atoms with Crippen molar-refractivity contribution in [3.05, 3.63) is 17.0 Å². The molecular weight excluding hydrogens is 176 g/mol. The van der Waals surface area contributed by atoms with E-state index in [1.54, 1.807) is 0 Å². The summed E-state index contributed by atoms with van der Waals surface area (Å²) in [6.07, 6.45) is 7.96.